The summed E-state index contributed by atoms with van der Waals surface area (Å²) >= 11 is 11.6. The van der Waals surface area contributed by atoms with Gasteiger partial charge in [0.1, 0.15) is 0 Å². The second-order valence-electron chi connectivity index (χ2n) is 2.44. The molecule has 0 saturated carbocycles. The van der Waals surface area contributed by atoms with E-state index in [2.05, 4.69) is 5.32 Å². The molecule has 0 unspecified atom stereocenters. The maximum Gasteiger partial charge on any atom is 0.0453 e. The van der Waals surface area contributed by atoms with Crippen LogP contribution in [-0.4, -0.2) is 6.54 Å². The number of halogens is 2. The second kappa shape index (κ2) is 4.70. The zero-order chi connectivity index (χ0) is 8.97. The minimum atomic E-state index is 0.657. The first-order valence-corrected chi connectivity index (χ1v) is 4.37. The first kappa shape index (κ1) is 9.85. The molecule has 0 aliphatic heterocycles. The molecule has 0 fully saturated rings. The average molecular weight is 202 g/mol. The molecular formula is C9H9Cl2N. The lowest BCUT2D eigenvalue weighted by atomic mass is 10.1. The first-order valence-electron chi connectivity index (χ1n) is 3.61. The van der Waals surface area contributed by atoms with E-state index in [4.69, 9.17) is 30.2 Å². The highest BCUT2D eigenvalue weighted by molar-refractivity contribution is 6.35. The van der Waals surface area contributed by atoms with Gasteiger partial charge in [0, 0.05) is 17.1 Å². The van der Waals surface area contributed by atoms with Crippen molar-refractivity contribution in [2.24, 2.45) is 0 Å². The lowest BCUT2D eigenvalue weighted by molar-refractivity contribution is 0.829. The molecule has 0 spiro atoms. The minimum absolute atomic E-state index is 0.657. The zero-order valence-electron chi connectivity index (χ0n) is 6.48. The van der Waals surface area contributed by atoms with Gasteiger partial charge < -0.3 is 5.32 Å². The summed E-state index contributed by atoms with van der Waals surface area (Å²) in [6.07, 6.45) is 0.812. The van der Waals surface area contributed by atoms with Crippen LogP contribution in [0.2, 0.25) is 10.0 Å². The fraction of sp³-hybridized carbons (Fsp3) is 0.222. The third-order valence-electron chi connectivity index (χ3n) is 1.55. The van der Waals surface area contributed by atoms with Crippen LogP contribution in [0.5, 0.6) is 0 Å². The fourth-order valence-corrected chi connectivity index (χ4v) is 1.43. The van der Waals surface area contributed by atoms with E-state index in [9.17, 15) is 0 Å². The Hall–Kier alpha value is -0.240. The Morgan fingerprint density at radius 2 is 2.08 bits per heavy atom. The Bertz CT molecular complexity index is 261. The van der Waals surface area contributed by atoms with Gasteiger partial charge in [0.2, 0.25) is 0 Å². The Balaban J connectivity index is 2.72. The molecular weight excluding hydrogens is 193 g/mol. The SMILES string of the molecule is [CH]NCCc1ccc(Cl)cc1Cl. The van der Waals surface area contributed by atoms with E-state index in [1.807, 2.05) is 12.1 Å². The number of hydrogen-bond donors (Lipinski definition) is 1. The van der Waals surface area contributed by atoms with Gasteiger partial charge in [0.25, 0.3) is 0 Å². The molecule has 64 valence electrons. The minimum Gasteiger partial charge on any atom is -0.311 e. The predicted molar refractivity (Wildman–Crippen MR) is 52.5 cm³/mol. The molecule has 0 saturated heterocycles. The Labute approximate surface area is 82.7 Å². The third kappa shape index (κ3) is 2.67. The van der Waals surface area contributed by atoms with Crippen molar-refractivity contribution >= 4 is 23.2 Å². The third-order valence-corrected chi connectivity index (χ3v) is 2.14. The normalized spacial score (nSPS) is 10.2. The molecule has 0 amide bonds. The van der Waals surface area contributed by atoms with E-state index in [1.165, 1.54) is 0 Å². The number of benzene rings is 1. The van der Waals surface area contributed by atoms with Crippen molar-refractivity contribution in [1.29, 1.82) is 0 Å². The van der Waals surface area contributed by atoms with Crippen molar-refractivity contribution in [3.05, 3.63) is 40.9 Å². The molecule has 1 nitrogen and oxygen atoms in total. The van der Waals surface area contributed by atoms with Crippen molar-refractivity contribution in [1.82, 2.24) is 5.32 Å². The second-order valence-corrected chi connectivity index (χ2v) is 3.28. The molecule has 3 heteroatoms. The van der Waals surface area contributed by atoms with Gasteiger partial charge in [-0.3, -0.25) is 0 Å². The van der Waals surface area contributed by atoms with Gasteiger partial charge in [-0.25, -0.2) is 0 Å². The molecule has 12 heavy (non-hydrogen) atoms. The number of rotatable bonds is 3. The van der Waals surface area contributed by atoms with Crippen molar-refractivity contribution in [3.63, 3.8) is 0 Å². The number of hydrogen-bond acceptors (Lipinski definition) is 1. The van der Waals surface area contributed by atoms with Crippen LogP contribution in [0.4, 0.5) is 0 Å². The van der Waals surface area contributed by atoms with Gasteiger partial charge in [-0.2, -0.15) is 0 Å². The molecule has 1 N–H and O–H groups in total. The van der Waals surface area contributed by atoms with Crippen molar-refractivity contribution in [3.8, 4) is 0 Å². The topological polar surface area (TPSA) is 12.0 Å². The Kier molecular flexibility index (Phi) is 3.86. The predicted octanol–water partition coefficient (Wildman–Crippen LogP) is 2.79. The van der Waals surface area contributed by atoms with Crippen LogP contribution in [0.15, 0.2) is 18.2 Å². The highest BCUT2D eigenvalue weighted by Crippen LogP contribution is 2.20. The summed E-state index contributed by atoms with van der Waals surface area (Å²) in [5.74, 6) is 0. The standard InChI is InChI=1S/C9H9Cl2N/c1-12-5-4-7-2-3-8(10)6-9(7)11/h1-3,6,12H,4-5H2. The van der Waals surface area contributed by atoms with E-state index < -0.39 is 0 Å². The quantitative estimate of drug-likeness (QED) is 0.743. The average Bonchev–Trinajstić information content (AvgIpc) is 2.03. The van der Waals surface area contributed by atoms with Crippen LogP contribution in [0, 0.1) is 7.05 Å². The number of nitrogens with one attached hydrogen (secondary N) is 1. The Morgan fingerprint density at radius 1 is 1.33 bits per heavy atom. The van der Waals surface area contributed by atoms with Crippen molar-refractivity contribution in [2.45, 2.75) is 6.42 Å². The summed E-state index contributed by atoms with van der Waals surface area (Å²) in [7, 11) is 5.14. The lowest BCUT2D eigenvalue weighted by Gasteiger charge is -2.03. The fourth-order valence-electron chi connectivity index (χ4n) is 0.931. The summed E-state index contributed by atoms with van der Waals surface area (Å²) in [4.78, 5) is 0. The van der Waals surface area contributed by atoms with Gasteiger partial charge in [-0.05, 0) is 30.7 Å². The van der Waals surface area contributed by atoms with Crippen molar-refractivity contribution < 1.29 is 0 Å². The summed E-state index contributed by atoms with van der Waals surface area (Å²) in [5, 5.41) is 3.92. The molecule has 0 aliphatic rings. The maximum absolute atomic E-state index is 5.91. The van der Waals surface area contributed by atoms with Crippen LogP contribution in [0.25, 0.3) is 0 Å². The monoisotopic (exact) mass is 201 g/mol. The summed E-state index contributed by atoms with van der Waals surface area (Å²) in [5.41, 5.74) is 1.05. The van der Waals surface area contributed by atoms with E-state index in [1.54, 1.807) is 6.07 Å². The molecule has 0 aromatic heterocycles. The molecule has 0 bridgehead atoms. The van der Waals surface area contributed by atoms with Crippen molar-refractivity contribution in [2.75, 3.05) is 6.54 Å². The summed E-state index contributed by atoms with van der Waals surface area (Å²) < 4.78 is 0. The van der Waals surface area contributed by atoms with Crippen LogP contribution in [0.3, 0.4) is 0 Å². The highest BCUT2D eigenvalue weighted by atomic mass is 35.5. The van der Waals surface area contributed by atoms with Gasteiger partial charge in [0.15, 0.2) is 0 Å². The van der Waals surface area contributed by atoms with E-state index in [0.29, 0.717) is 16.6 Å². The smallest absolute Gasteiger partial charge is 0.0453 e. The van der Waals surface area contributed by atoms with Gasteiger partial charge in [-0.1, -0.05) is 29.3 Å². The first-order chi connectivity index (χ1) is 5.74. The Morgan fingerprint density at radius 3 is 2.67 bits per heavy atom. The lowest BCUT2D eigenvalue weighted by Crippen LogP contribution is -2.07. The zero-order valence-corrected chi connectivity index (χ0v) is 7.99. The van der Waals surface area contributed by atoms with Crippen LogP contribution in [0.1, 0.15) is 5.56 Å². The highest BCUT2D eigenvalue weighted by Gasteiger charge is 1.99. The van der Waals surface area contributed by atoms with Crippen LogP contribution >= 0.6 is 23.2 Å². The molecule has 1 rings (SSSR count). The molecule has 0 atom stereocenters. The van der Waals surface area contributed by atoms with Gasteiger partial charge >= 0.3 is 0 Å². The molecule has 1 aromatic carbocycles. The molecule has 0 heterocycles. The summed E-state index contributed by atoms with van der Waals surface area (Å²) in [6.45, 7) is 0.710. The van der Waals surface area contributed by atoms with Crippen LogP contribution in [-0.2, 0) is 6.42 Å². The largest absolute Gasteiger partial charge is 0.311 e. The van der Waals surface area contributed by atoms with Crippen LogP contribution < -0.4 is 5.32 Å². The molecule has 0 aliphatic carbocycles. The van der Waals surface area contributed by atoms with E-state index >= 15 is 0 Å². The maximum atomic E-state index is 5.91. The summed E-state index contributed by atoms with van der Waals surface area (Å²) in [6, 6.07) is 5.45. The molecule has 1 aromatic rings. The van der Waals surface area contributed by atoms with Gasteiger partial charge in [-0.15, -0.1) is 0 Å². The van der Waals surface area contributed by atoms with Gasteiger partial charge in [0.05, 0.1) is 0 Å². The van der Waals surface area contributed by atoms with E-state index in [0.717, 1.165) is 12.0 Å². The molecule has 2 radical (unpaired) electrons. The van der Waals surface area contributed by atoms with E-state index in [-0.39, 0.29) is 0 Å².